The summed E-state index contributed by atoms with van der Waals surface area (Å²) in [6.07, 6.45) is 1.31. The molecule has 0 spiro atoms. The Morgan fingerprint density at radius 2 is 2.14 bits per heavy atom. The van der Waals surface area contributed by atoms with Gasteiger partial charge in [-0.15, -0.1) is 0 Å². The summed E-state index contributed by atoms with van der Waals surface area (Å²) in [5.74, 6) is 0. The molecule has 0 fully saturated rings. The third kappa shape index (κ3) is 3.48. The van der Waals surface area contributed by atoms with Crippen molar-refractivity contribution in [2.24, 2.45) is 5.73 Å². The standard InChI is InChI=1S/C12H19NO/c1-10-4-3-5-11(8-10)9-12(2,14)6-7-13/h3-5,8,14H,6-7,9,13H2,1-2H3. The van der Waals surface area contributed by atoms with Gasteiger partial charge in [-0.2, -0.15) is 0 Å². The lowest BCUT2D eigenvalue weighted by molar-refractivity contribution is 0.0539. The van der Waals surface area contributed by atoms with Gasteiger partial charge in [-0.1, -0.05) is 29.8 Å². The minimum absolute atomic E-state index is 0.527. The Kier molecular flexibility index (Phi) is 3.67. The van der Waals surface area contributed by atoms with Gasteiger partial charge >= 0.3 is 0 Å². The molecule has 0 heterocycles. The molecule has 0 saturated carbocycles. The molecular weight excluding hydrogens is 174 g/mol. The van der Waals surface area contributed by atoms with Gasteiger partial charge in [0.15, 0.2) is 0 Å². The summed E-state index contributed by atoms with van der Waals surface area (Å²) in [5, 5.41) is 9.98. The SMILES string of the molecule is Cc1cccc(CC(C)(O)CCN)c1. The van der Waals surface area contributed by atoms with Gasteiger partial charge < -0.3 is 10.8 Å². The molecular formula is C12H19NO. The average Bonchev–Trinajstić information content (AvgIpc) is 2.02. The van der Waals surface area contributed by atoms with E-state index in [-0.39, 0.29) is 0 Å². The van der Waals surface area contributed by atoms with Crippen molar-refractivity contribution in [1.82, 2.24) is 0 Å². The maximum absolute atomic E-state index is 9.98. The molecule has 1 aromatic carbocycles. The largest absolute Gasteiger partial charge is 0.390 e. The van der Waals surface area contributed by atoms with Crippen LogP contribution in [0, 0.1) is 6.92 Å². The highest BCUT2D eigenvalue weighted by atomic mass is 16.3. The second-order valence-corrected chi connectivity index (χ2v) is 4.20. The number of hydrogen-bond donors (Lipinski definition) is 2. The fourth-order valence-electron chi connectivity index (χ4n) is 1.66. The van der Waals surface area contributed by atoms with Crippen LogP contribution in [0.4, 0.5) is 0 Å². The predicted octanol–water partition coefficient (Wildman–Crippen LogP) is 1.64. The lowest BCUT2D eigenvalue weighted by Crippen LogP contribution is -2.30. The fraction of sp³-hybridized carbons (Fsp3) is 0.500. The minimum Gasteiger partial charge on any atom is -0.390 e. The van der Waals surface area contributed by atoms with E-state index in [0.717, 1.165) is 0 Å². The molecule has 1 atom stereocenters. The van der Waals surface area contributed by atoms with Gasteiger partial charge in [0.05, 0.1) is 5.60 Å². The highest BCUT2D eigenvalue weighted by molar-refractivity contribution is 5.23. The summed E-state index contributed by atoms with van der Waals surface area (Å²) in [6, 6.07) is 8.22. The summed E-state index contributed by atoms with van der Waals surface area (Å²) in [5.41, 5.74) is 7.16. The fourth-order valence-corrected chi connectivity index (χ4v) is 1.66. The molecule has 0 aliphatic rings. The Balaban J connectivity index is 2.68. The van der Waals surface area contributed by atoms with Crippen molar-refractivity contribution in [1.29, 1.82) is 0 Å². The first kappa shape index (κ1) is 11.2. The summed E-state index contributed by atoms with van der Waals surface area (Å²) < 4.78 is 0. The van der Waals surface area contributed by atoms with Crippen molar-refractivity contribution in [2.75, 3.05) is 6.54 Å². The molecule has 2 nitrogen and oxygen atoms in total. The number of aryl methyl sites for hydroxylation is 1. The highest BCUT2D eigenvalue weighted by Gasteiger charge is 2.19. The smallest absolute Gasteiger partial charge is 0.0671 e. The van der Waals surface area contributed by atoms with Gasteiger partial charge in [-0.05, 0) is 32.4 Å². The first-order valence-electron chi connectivity index (χ1n) is 5.01. The van der Waals surface area contributed by atoms with E-state index in [1.165, 1.54) is 11.1 Å². The molecule has 1 unspecified atom stereocenters. The monoisotopic (exact) mass is 193 g/mol. The van der Waals surface area contributed by atoms with E-state index in [1.54, 1.807) is 0 Å². The third-order valence-electron chi connectivity index (χ3n) is 2.35. The summed E-state index contributed by atoms with van der Waals surface area (Å²) >= 11 is 0. The number of aliphatic hydroxyl groups is 1. The van der Waals surface area contributed by atoms with Crippen molar-refractivity contribution in [3.05, 3.63) is 35.4 Å². The molecule has 14 heavy (non-hydrogen) atoms. The second-order valence-electron chi connectivity index (χ2n) is 4.20. The molecule has 0 aromatic heterocycles. The van der Waals surface area contributed by atoms with Crippen LogP contribution in [0.3, 0.4) is 0 Å². The Hall–Kier alpha value is -0.860. The lowest BCUT2D eigenvalue weighted by atomic mass is 9.93. The average molecular weight is 193 g/mol. The van der Waals surface area contributed by atoms with Crippen molar-refractivity contribution >= 4 is 0 Å². The maximum atomic E-state index is 9.98. The molecule has 0 radical (unpaired) electrons. The maximum Gasteiger partial charge on any atom is 0.0671 e. The summed E-state index contributed by atoms with van der Waals surface area (Å²) in [6.45, 7) is 4.42. The van der Waals surface area contributed by atoms with Crippen LogP contribution in [0.1, 0.15) is 24.5 Å². The Bertz CT molecular complexity index is 294. The first-order chi connectivity index (χ1) is 6.53. The minimum atomic E-state index is -0.678. The van der Waals surface area contributed by atoms with E-state index in [9.17, 15) is 5.11 Å². The van der Waals surface area contributed by atoms with Crippen LogP contribution in [0.15, 0.2) is 24.3 Å². The quantitative estimate of drug-likeness (QED) is 0.763. The van der Waals surface area contributed by atoms with Gasteiger partial charge in [0.2, 0.25) is 0 Å². The van der Waals surface area contributed by atoms with Crippen molar-refractivity contribution in [2.45, 2.75) is 32.3 Å². The first-order valence-corrected chi connectivity index (χ1v) is 5.01. The predicted molar refractivity (Wildman–Crippen MR) is 59.2 cm³/mol. The van der Waals surface area contributed by atoms with Crippen LogP contribution < -0.4 is 5.73 Å². The van der Waals surface area contributed by atoms with Crippen LogP contribution in [0.25, 0.3) is 0 Å². The Morgan fingerprint density at radius 1 is 1.43 bits per heavy atom. The van der Waals surface area contributed by atoms with Gasteiger partial charge in [0.25, 0.3) is 0 Å². The van der Waals surface area contributed by atoms with E-state index in [2.05, 4.69) is 19.1 Å². The van der Waals surface area contributed by atoms with E-state index in [0.29, 0.717) is 19.4 Å². The Morgan fingerprint density at radius 3 is 2.71 bits per heavy atom. The number of nitrogens with two attached hydrogens (primary N) is 1. The molecule has 0 saturated heterocycles. The van der Waals surface area contributed by atoms with Crippen LogP contribution >= 0.6 is 0 Å². The van der Waals surface area contributed by atoms with Crippen LogP contribution in [0.2, 0.25) is 0 Å². The number of rotatable bonds is 4. The number of benzene rings is 1. The molecule has 0 aliphatic heterocycles. The van der Waals surface area contributed by atoms with E-state index in [4.69, 9.17) is 5.73 Å². The summed E-state index contributed by atoms with van der Waals surface area (Å²) in [7, 11) is 0. The topological polar surface area (TPSA) is 46.2 Å². The number of hydrogen-bond acceptors (Lipinski definition) is 2. The van der Waals surface area contributed by atoms with Gasteiger partial charge in [-0.3, -0.25) is 0 Å². The normalized spacial score (nSPS) is 15.1. The second kappa shape index (κ2) is 4.58. The van der Waals surface area contributed by atoms with Crippen LogP contribution in [-0.4, -0.2) is 17.3 Å². The van der Waals surface area contributed by atoms with Gasteiger partial charge in [0.1, 0.15) is 0 Å². The lowest BCUT2D eigenvalue weighted by Gasteiger charge is -2.22. The molecule has 0 bridgehead atoms. The highest BCUT2D eigenvalue weighted by Crippen LogP contribution is 2.16. The third-order valence-corrected chi connectivity index (χ3v) is 2.35. The molecule has 0 amide bonds. The molecule has 0 aliphatic carbocycles. The van der Waals surface area contributed by atoms with E-state index < -0.39 is 5.60 Å². The van der Waals surface area contributed by atoms with Crippen LogP contribution in [0.5, 0.6) is 0 Å². The summed E-state index contributed by atoms with van der Waals surface area (Å²) in [4.78, 5) is 0. The molecule has 2 heteroatoms. The molecule has 1 rings (SSSR count). The van der Waals surface area contributed by atoms with Crippen molar-refractivity contribution in [3.8, 4) is 0 Å². The zero-order valence-corrected chi connectivity index (χ0v) is 8.96. The van der Waals surface area contributed by atoms with E-state index in [1.807, 2.05) is 19.1 Å². The van der Waals surface area contributed by atoms with Gasteiger partial charge in [0, 0.05) is 6.42 Å². The van der Waals surface area contributed by atoms with Gasteiger partial charge in [-0.25, -0.2) is 0 Å². The Labute approximate surface area is 85.8 Å². The van der Waals surface area contributed by atoms with Crippen molar-refractivity contribution < 1.29 is 5.11 Å². The zero-order valence-electron chi connectivity index (χ0n) is 8.96. The van der Waals surface area contributed by atoms with Crippen LogP contribution in [-0.2, 0) is 6.42 Å². The van der Waals surface area contributed by atoms with E-state index >= 15 is 0 Å². The van der Waals surface area contributed by atoms with Crippen molar-refractivity contribution in [3.63, 3.8) is 0 Å². The molecule has 1 aromatic rings. The molecule has 78 valence electrons. The molecule has 3 N–H and O–H groups in total. The zero-order chi connectivity index (χ0) is 10.6.